The zero-order valence-electron chi connectivity index (χ0n) is 4.67. The molecular formula is C5H10N2O. The van der Waals surface area contributed by atoms with Gasteiger partial charge in [0.15, 0.2) is 0 Å². The highest BCUT2D eigenvalue weighted by Crippen LogP contribution is 1.89. The number of aliphatic hydroxyl groups excluding tert-OH is 1. The average molecular weight is 114 g/mol. The number of aliphatic hydroxyl groups is 1. The summed E-state index contributed by atoms with van der Waals surface area (Å²) in [6, 6.07) is 0. The van der Waals surface area contributed by atoms with Crippen molar-refractivity contribution in [2.75, 3.05) is 19.8 Å². The molecule has 0 amide bonds. The predicted molar refractivity (Wildman–Crippen MR) is 30.9 cm³/mol. The molecule has 0 atom stereocenters. The Kier molecular flexibility index (Phi) is 1.75. The minimum absolute atomic E-state index is 0.123. The first kappa shape index (κ1) is 5.44. The van der Waals surface area contributed by atoms with Crippen LogP contribution in [0, 0.1) is 0 Å². The number of nitrogens with one attached hydrogen (secondary N) is 1. The third-order valence-corrected chi connectivity index (χ3v) is 1.13. The van der Waals surface area contributed by atoms with E-state index >= 15 is 0 Å². The van der Waals surface area contributed by atoms with Gasteiger partial charge in [-0.2, -0.15) is 0 Å². The van der Waals surface area contributed by atoms with Crippen molar-refractivity contribution < 1.29 is 5.11 Å². The fourth-order valence-electron chi connectivity index (χ4n) is 0.642. The summed E-state index contributed by atoms with van der Waals surface area (Å²) in [4.78, 5) is 1.83. The topological polar surface area (TPSA) is 35.5 Å². The molecule has 1 aliphatic heterocycles. The van der Waals surface area contributed by atoms with Crippen LogP contribution in [0.4, 0.5) is 0 Å². The van der Waals surface area contributed by atoms with Crippen LogP contribution in [0.5, 0.6) is 0 Å². The summed E-state index contributed by atoms with van der Waals surface area (Å²) < 4.78 is 0. The van der Waals surface area contributed by atoms with Crippen LogP contribution < -0.4 is 5.32 Å². The van der Waals surface area contributed by atoms with Gasteiger partial charge >= 0.3 is 0 Å². The smallest absolute Gasteiger partial charge is 0.115 e. The molecule has 0 saturated heterocycles. The van der Waals surface area contributed by atoms with E-state index in [2.05, 4.69) is 5.32 Å². The fraction of sp³-hybridized carbons (Fsp3) is 0.600. The Hall–Kier alpha value is -0.700. The van der Waals surface area contributed by atoms with Gasteiger partial charge in [0.2, 0.25) is 0 Å². The monoisotopic (exact) mass is 114 g/mol. The molecule has 0 aliphatic carbocycles. The molecule has 0 saturated carbocycles. The van der Waals surface area contributed by atoms with E-state index < -0.39 is 0 Å². The zero-order valence-corrected chi connectivity index (χ0v) is 4.67. The SMILES string of the molecule is OCN1C=CNCC1. The lowest BCUT2D eigenvalue weighted by molar-refractivity contribution is 0.148. The van der Waals surface area contributed by atoms with Gasteiger partial charge in [-0.1, -0.05) is 0 Å². The minimum atomic E-state index is 0.123. The van der Waals surface area contributed by atoms with Gasteiger partial charge in [-0.05, 0) is 0 Å². The highest BCUT2D eigenvalue weighted by atomic mass is 16.3. The molecule has 8 heavy (non-hydrogen) atoms. The van der Waals surface area contributed by atoms with Gasteiger partial charge in [-0.3, -0.25) is 0 Å². The van der Waals surface area contributed by atoms with Gasteiger partial charge < -0.3 is 15.3 Å². The van der Waals surface area contributed by atoms with Crippen LogP contribution in [0.15, 0.2) is 12.4 Å². The summed E-state index contributed by atoms with van der Waals surface area (Å²) >= 11 is 0. The fourth-order valence-corrected chi connectivity index (χ4v) is 0.642. The molecule has 1 heterocycles. The third-order valence-electron chi connectivity index (χ3n) is 1.13. The largest absolute Gasteiger partial charge is 0.388 e. The molecule has 0 aromatic heterocycles. The van der Waals surface area contributed by atoms with Gasteiger partial charge in [0.25, 0.3) is 0 Å². The molecule has 0 spiro atoms. The molecule has 1 aliphatic rings. The zero-order chi connectivity index (χ0) is 5.82. The highest BCUT2D eigenvalue weighted by Gasteiger charge is 1.97. The summed E-state index contributed by atoms with van der Waals surface area (Å²) in [7, 11) is 0. The van der Waals surface area contributed by atoms with Gasteiger partial charge in [-0.15, -0.1) is 0 Å². The van der Waals surface area contributed by atoms with Gasteiger partial charge in [-0.25, -0.2) is 0 Å². The molecular weight excluding hydrogens is 104 g/mol. The molecule has 3 nitrogen and oxygen atoms in total. The lowest BCUT2D eigenvalue weighted by Gasteiger charge is -2.20. The maximum atomic E-state index is 8.54. The molecule has 2 N–H and O–H groups in total. The van der Waals surface area contributed by atoms with Crippen LogP contribution in [0.3, 0.4) is 0 Å². The minimum Gasteiger partial charge on any atom is -0.388 e. The summed E-state index contributed by atoms with van der Waals surface area (Å²) in [5, 5.41) is 11.6. The van der Waals surface area contributed by atoms with Crippen LogP contribution in [0.2, 0.25) is 0 Å². The molecule has 0 bridgehead atoms. The summed E-state index contributed by atoms with van der Waals surface area (Å²) in [5.74, 6) is 0. The Bertz CT molecular complexity index is 92.4. The van der Waals surface area contributed by atoms with E-state index in [4.69, 9.17) is 5.11 Å². The van der Waals surface area contributed by atoms with Crippen molar-refractivity contribution in [3.63, 3.8) is 0 Å². The van der Waals surface area contributed by atoms with E-state index in [0.717, 1.165) is 13.1 Å². The molecule has 0 fully saturated rings. The Morgan fingerprint density at radius 2 is 2.62 bits per heavy atom. The summed E-state index contributed by atoms with van der Waals surface area (Å²) in [6.07, 6.45) is 3.67. The van der Waals surface area contributed by atoms with Crippen LogP contribution in [-0.2, 0) is 0 Å². The first-order valence-electron chi connectivity index (χ1n) is 2.68. The number of rotatable bonds is 1. The Morgan fingerprint density at radius 3 is 3.00 bits per heavy atom. The molecule has 3 heteroatoms. The first-order valence-corrected chi connectivity index (χ1v) is 2.68. The Balaban J connectivity index is 2.32. The lowest BCUT2D eigenvalue weighted by Crippen LogP contribution is -2.31. The Morgan fingerprint density at radius 1 is 1.75 bits per heavy atom. The summed E-state index contributed by atoms with van der Waals surface area (Å²) in [6.45, 7) is 1.95. The van der Waals surface area contributed by atoms with E-state index in [1.807, 2.05) is 17.3 Å². The quantitative estimate of drug-likeness (QED) is 0.474. The van der Waals surface area contributed by atoms with E-state index in [9.17, 15) is 0 Å². The van der Waals surface area contributed by atoms with Gasteiger partial charge in [0, 0.05) is 25.5 Å². The second-order valence-electron chi connectivity index (χ2n) is 1.72. The van der Waals surface area contributed by atoms with Crippen molar-refractivity contribution >= 4 is 0 Å². The van der Waals surface area contributed by atoms with Crippen molar-refractivity contribution in [2.45, 2.75) is 0 Å². The van der Waals surface area contributed by atoms with Crippen LogP contribution in [0.25, 0.3) is 0 Å². The maximum absolute atomic E-state index is 8.54. The number of nitrogens with zero attached hydrogens (tertiary/aromatic N) is 1. The molecule has 46 valence electrons. The number of hydrogen-bond donors (Lipinski definition) is 2. The van der Waals surface area contributed by atoms with Crippen LogP contribution >= 0.6 is 0 Å². The van der Waals surface area contributed by atoms with Crippen LogP contribution in [-0.4, -0.2) is 29.8 Å². The van der Waals surface area contributed by atoms with Gasteiger partial charge in [0.05, 0.1) is 0 Å². The van der Waals surface area contributed by atoms with E-state index in [1.54, 1.807) is 0 Å². The molecule has 0 unspecified atom stereocenters. The maximum Gasteiger partial charge on any atom is 0.115 e. The van der Waals surface area contributed by atoms with Crippen LogP contribution in [0.1, 0.15) is 0 Å². The van der Waals surface area contributed by atoms with Crippen molar-refractivity contribution in [3.05, 3.63) is 12.4 Å². The third kappa shape index (κ3) is 1.13. The second-order valence-corrected chi connectivity index (χ2v) is 1.72. The normalized spacial score (nSPS) is 18.4. The van der Waals surface area contributed by atoms with E-state index in [1.165, 1.54) is 0 Å². The highest BCUT2D eigenvalue weighted by molar-refractivity contribution is 4.84. The second kappa shape index (κ2) is 2.57. The van der Waals surface area contributed by atoms with Crippen molar-refractivity contribution in [2.24, 2.45) is 0 Å². The Labute approximate surface area is 48.6 Å². The van der Waals surface area contributed by atoms with Crippen molar-refractivity contribution in [1.29, 1.82) is 0 Å². The average Bonchev–Trinajstić information content (AvgIpc) is 1.90. The van der Waals surface area contributed by atoms with E-state index in [0.29, 0.717) is 0 Å². The molecule has 1 rings (SSSR count). The predicted octanol–water partition coefficient (Wildman–Crippen LogP) is -0.687. The first-order chi connectivity index (χ1) is 3.93. The molecule has 0 radical (unpaired) electrons. The summed E-state index contributed by atoms with van der Waals surface area (Å²) in [5.41, 5.74) is 0. The van der Waals surface area contributed by atoms with E-state index in [-0.39, 0.29) is 6.73 Å². The molecule has 0 aromatic carbocycles. The van der Waals surface area contributed by atoms with Crippen molar-refractivity contribution in [3.8, 4) is 0 Å². The van der Waals surface area contributed by atoms with Gasteiger partial charge in [0.1, 0.15) is 6.73 Å². The molecule has 0 aromatic rings. The van der Waals surface area contributed by atoms with Crippen molar-refractivity contribution in [1.82, 2.24) is 10.2 Å². The standard InChI is InChI=1S/C5H10N2O/c8-5-7-3-1-6-2-4-7/h1,3,6,8H,2,4-5H2. The lowest BCUT2D eigenvalue weighted by atomic mass is 10.5. The number of hydrogen-bond acceptors (Lipinski definition) is 3.